The first kappa shape index (κ1) is 26.6. The fourth-order valence-electron chi connectivity index (χ4n) is 3.71. The standard InChI is InChI=1S/C28H30Cl2N2O3/c1-3-15-31-28(34)25(16-21-10-5-4-6-11-21)32(18-22-12-8-7-9-20(22)2)27(33)19-35-26-14-13-23(29)17-24(26)30/h4-14,17,25H,3,15-16,18-19H2,1-2H3,(H,31,34)/t25-/m1/s1. The molecule has 1 N–H and O–H groups in total. The molecule has 35 heavy (non-hydrogen) atoms. The zero-order valence-corrected chi connectivity index (χ0v) is 21.5. The van der Waals surface area contributed by atoms with Gasteiger partial charge in [-0.2, -0.15) is 0 Å². The Morgan fingerprint density at radius 1 is 1.00 bits per heavy atom. The van der Waals surface area contributed by atoms with E-state index in [4.69, 9.17) is 27.9 Å². The van der Waals surface area contributed by atoms with Crippen molar-refractivity contribution in [3.05, 3.63) is 99.5 Å². The first-order valence-electron chi connectivity index (χ1n) is 11.6. The van der Waals surface area contributed by atoms with Crippen LogP contribution < -0.4 is 10.1 Å². The second-order valence-corrected chi connectivity index (χ2v) is 9.15. The Labute approximate surface area is 217 Å². The lowest BCUT2D eigenvalue weighted by Gasteiger charge is -2.32. The van der Waals surface area contributed by atoms with Crippen LogP contribution in [0.2, 0.25) is 10.0 Å². The summed E-state index contributed by atoms with van der Waals surface area (Å²) in [5.74, 6) is -0.149. The van der Waals surface area contributed by atoms with Crippen molar-refractivity contribution in [2.24, 2.45) is 0 Å². The van der Waals surface area contributed by atoms with Crippen LogP contribution in [0.5, 0.6) is 5.75 Å². The molecular weight excluding hydrogens is 483 g/mol. The zero-order chi connectivity index (χ0) is 25.2. The predicted octanol–water partition coefficient (Wildman–Crippen LogP) is 5.85. The fourth-order valence-corrected chi connectivity index (χ4v) is 4.17. The lowest BCUT2D eigenvalue weighted by atomic mass is 10.0. The number of carbonyl (C=O) groups excluding carboxylic acids is 2. The van der Waals surface area contributed by atoms with Crippen LogP contribution in [0.4, 0.5) is 0 Å². The predicted molar refractivity (Wildman–Crippen MR) is 141 cm³/mol. The lowest BCUT2D eigenvalue weighted by Crippen LogP contribution is -2.51. The van der Waals surface area contributed by atoms with Crippen molar-refractivity contribution >= 4 is 35.0 Å². The van der Waals surface area contributed by atoms with Gasteiger partial charge in [-0.1, -0.05) is 84.7 Å². The van der Waals surface area contributed by atoms with Crippen molar-refractivity contribution in [1.29, 1.82) is 0 Å². The Morgan fingerprint density at radius 2 is 1.71 bits per heavy atom. The molecular formula is C28H30Cl2N2O3. The Bertz CT molecular complexity index is 1140. The summed E-state index contributed by atoms with van der Waals surface area (Å²) in [6, 6.07) is 21.7. The van der Waals surface area contributed by atoms with Crippen molar-refractivity contribution in [2.45, 2.75) is 39.3 Å². The topological polar surface area (TPSA) is 58.6 Å². The Hall–Kier alpha value is -3.02. The molecule has 0 heterocycles. The van der Waals surface area contributed by atoms with Crippen LogP contribution >= 0.6 is 23.2 Å². The van der Waals surface area contributed by atoms with Crippen LogP contribution in [0, 0.1) is 6.92 Å². The Balaban J connectivity index is 1.91. The maximum absolute atomic E-state index is 13.6. The van der Waals surface area contributed by atoms with E-state index in [-0.39, 0.29) is 25.0 Å². The highest BCUT2D eigenvalue weighted by Gasteiger charge is 2.31. The number of amides is 2. The molecule has 0 aliphatic rings. The summed E-state index contributed by atoms with van der Waals surface area (Å²) in [5.41, 5.74) is 2.97. The smallest absolute Gasteiger partial charge is 0.261 e. The van der Waals surface area contributed by atoms with Crippen LogP contribution in [0.15, 0.2) is 72.8 Å². The number of rotatable bonds is 11. The van der Waals surface area contributed by atoms with Gasteiger partial charge in [0.25, 0.3) is 5.91 Å². The molecule has 0 saturated heterocycles. The van der Waals surface area contributed by atoms with Crippen molar-refractivity contribution in [3.8, 4) is 5.75 Å². The van der Waals surface area contributed by atoms with E-state index in [1.165, 1.54) is 0 Å². The molecule has 0 radical (unpaired) electrons. The first-order valence-corrected chi connectivity index (χ1v) is 12.4. The summed E-state index contributed by atoms with van der Waals surface area (Å²) in [7, 11) is 0. The fraction of sp³-hybridized carbons (Fsp3) is 0.286. The largest absolute Gasteiger partial charge is 0.482 e. The molecule has 0 fully saturated rings. The SMILES string of the molecule is CCCNC(=O)[C@@H](Cc1ccccc1)N(Cc1ccccc1C)C(=O)COc1ccc(Cl)cc1Cl. The molecule has 2 amide bonds. The molecule has 3 aromatic carbocycles. The van der Waals surface area contributed by atoms with E-state index in [0.29, 0.717) is 28.8 Å². The van der Waals surface area contributed by atoms with Gasteiger partial charge < -0.3 is 15.0 Å². The van der Waals surface area contributed by atoms with E-state index in [1.807, 2.05) is 68.4 Å². The van der Waals surface area contributed by atoms with Crippen LogP contribution in [0.1, 0.15) is 30.0 Å². The van der Waals surface area contributed by atoms with E-state index >= 15 is 0 Å². The summed E-state index contributed by atoms with van der Waals surface area (Å²) >= 11 is 12.2. The lowest BCUT2D eigenvalue weighted by molar-refractivity contribution is -0.142. The summed E-state index contributed by atoms with van der Waals surface area (Å²) in [6.07, 6.45) is 1.18. The van der Waals surface area contributed by atoms with Crippen molar-refractivity contribution in [1.82, 2.24) is 10.2 Å². The quantitative estimate of drug-likeness (QED) is 0.350. The van der Waals surface area contributed by atoms with Gasteiger partial charge in [-0.15, -0.1) is 0 Å². The molecule has 0 unspecified atom stereocenters. The minimum atomic E-state index is -0.708. The van der Waals surface area contributed by atoms with E-state index < -0.39 is 6.04 Å². The molecule has 0 bridgehead atoms. The van der Waals surface area contributed by atoms with Gasteiger partial charge in [-0.05, 0) is 48.2 Å². The van der Waals surface area contributed by atoms with Gasteiger partial charge in [0, 0.05) is 24.5 Å². The normalized spacial score (nSPS) is 11.5. The van der Waals surface area contributed by atoms with Gasteiger partial charge in [-0.3, -0.25) is 9.59 Å². The monoisotopic (exact) mass is 512 g/mol. The van der Waals surface area contributed by atoms with E-state index in [2.05, 4.69) is 5.32 Å². The Morgan fingerprint density at radius 3 is 2.40 bits per heavy atom. The van der Waals surface area contributed by atoms with Crippen molar-refractivity contribution in [2.75, 3.05) is 13.2 Å². The molecule has 0 aliphatic carbocycles. The zero-order valence-electron chi connectivity index (χ0n) is 20.0. The Kier molecular flexibility index (Phi) is 10.0. The molecule has 0 saturated carbocycles. The first-order chi connectivity index (χ1) is 16.9. The molecule has 7 heteroatoms. The second kappa shape index (κ2) is 13.2. The second-order valence-electron chi connectivity index (χ2n) is 8.31. The highest BCUT2D eigenvalue weighted by atomic mass is 35.5. The molecule has 184 valence electrons. The average Bonchev–Trinajstić information content (AvgIpc) is 2.85. The third-order valence-electron chi connectivity index (χ3n) is 5.67. The highest BCUT2D eigenvalue weighted by molar-refractivity contribution is 6.35. The van der Waals surface area contributed by atoms with Gasteiger partial charge in [0.2, 0.25) is 5.91 Å². The molecule has 5 nitrogen and oxygen atoms in total. The van der Waals surface area contributed by atoms with E-state index in [1.54, 1.807) is 23.1 Å². The number of aryl methyl sites for hydroxylation is 1. The molecule has 1 atom stereocenters. The number of carbonyl (C=O) groups is 2. The number of nitrogens with one attached hydrogen (secondary N) is 1. The minimum absolute atomic E-state index is 0.192. The van der Waals surface area contributed by atoms with E-state index in [0.717, 1.165) is 23.1 Å². The molecule has 0 aromatic heterocycles. The number of hydrogen-bond acceptors (Lipinski definition) is 3. The van der Waals surface area contributed by atoms with Crippen molar-refractivity contribution < 1.29 is 14.3 Å². The van der Waals surface area contributed by atoms with Crippen molar-refractivity contribution in [3.63, 3.8) is 0 Å². The summed E-state index contributed by atoms with van der Waals surface area (Å²) < 4.78 is 5.75. The van der Waals surface area contributed by atoms with Crippen LogP contribution in [0.25, 0.3) is 0 Å². The summed E-state index contributed by atoms with van der Waals surface area (Å²) in [5, 5.41) is 3.76. The number of nitrogens with zero attached hydrogens (tertiary/aromatic N) is 1. The molecule has 3 rings (SSSR count). The molecule has 0 aliphatic heterocycles. The van der Waals surface area contributed by atoms with Gasteiger partial charge in [0.15, 0.2) is 6.61 Å². The van der Waals surface area contributed by atoms with Crippen LogP contribution in [0.3, 0.4) is 0 Å². The number of hydrogen-bond donors (Lipinski definition) is 1. The third kappa shape index (κ3) is 7.74. The van der Waals surface area contributed by atoms with Gasteiger partial charge >= 0.3 is 0 Å². The summed E-state index contributed by atoms with van der Waals surface area (Å²) in [6.45, 7) is 4.53. The van der Waals surface area contributed by atoms with Gasteiger partial charge in [0.05, 0.1) is 5.02 Å². The number of ether oxygens (including phenoxy) is 1. The maximum Gasteiger partial charge on any atom is 0.261 e. The van der Waals surface area contributed by atoms with Gasteiger partial charge in [-0.25, -0.2) is 0 Å². The van der Waals surface area contributed by atoms with Gasteiger partial charge in [0.1, 0.15) is 11.8 Å². The molecule has 3 aromatic rings. The maximum atomic E-state index is 13.6. The number of halogens is 2. The third-order valence-corrected chi connectivity index (χ3v) is 6.20. The minimum Gasteiger partial charge on any atom is -0.482 e. The molecule has 0 spiro atoms. The van der Waals surface area contributed by atoms with Crippen LogP contribution in [-0.2, 0) is 22.6 Å². The summed E-state index contributed by atoms with van der Waals surface area (Å²) in [4.78, 5) is 28.5. The van der Waals surface area contributed by atoms with E-state index in [9.17, 15) is 9.59 Å². The average molecular weight is 513 g/mol. The van der Waals surface area contributed by atoms with Crippen LogP contribution in [-0.4, -0.2) is 35.9 Å². The highest BCUT2D eigenvalue weighted by Crippen LogP contribution is 2.27. The number of benzene rings is 3.